The predicted octanol–water partition coefficient (Wildman–Crippen LogP) is 2.73. The largest absolute Gasteiger partial charge is 0.496 e. The third-order valence-corrected chi connectivity index (χ3v) is 3.78. The van der Waals surface area contributed by atoms with E-state index in [-0.39, 0.29) is 12.5 Å². The fraction of sp³-hybridized carbons (Fsp3) is 0.250. The quantitative estimate of drug-likeness (QED) is 0.629. The van der Waals surface area contributed by atoms with Gasteiger partial charge in [0.05, 0.1) is 18.6 Å². The fourth-order valence-electron chi connectivity index (χ4n) is 1.82. The predicted molar refractivity (Wildman–Crippen MR) is 84.5 cm³/mol. The summed E-state index contributed by atoms with van der Waals surface area (Å²) in [6.07, 6.45) is 0.554. The third kappa shape index (κ3) is 4.33. The number of methoxy groups -OCH3 is 1. The van der Waals surface area contributed by atoms with Crippen LogP contribution in [-0.2, 0) is 4.74 Å². The maximum absolute atomic E-state index is 11.9. The molecule has 1 heterocycles. The van der Waals surface area contributed by atoms with E-state index in [4.69, 9.17) is 9.47 Å². The van der Waals surface area contributed by atoms with E-state index in [9.17, 15) is 9.59 Å². The van der Waals surface area contributed by atoms with E-state index in [0.717, 1.165) is 0 Å². The van der Waals surface area contributed by atoms with Gasteiger partial charge in [-0.3, -0.25) is 4.79 Å². The molecule has 2 rings (SSSR count). The molecule has 0 saturated carbocycles. The van der Waals surface area contributed by atoms with Crippen LogP contribution in [0.1, 0.15) is 26.5 Å². The van der Waals surface area contributed by atoms with Crippen molar-refractivity contribution in [3.63, 3.8) is 0 Å². The van der Waals surface area contributed by atoms with Gasteiger partial charge in [0.25, 0.3) is 5.91 Å². The average Bonchev–Trinajstić information content (AvgIpc) is 3.08. The van der Waals surface area contributed by atoms with Crippen molar-refractivity contribution >= 4 is 23.2 Å². The summed E-state index contributed by atoms with van der Waals surface area (Å²) in [7, 11) is 1.51. The fourth-order valence-corrected chi connectivity index (χ4v) is 2.46. The molecule has 0 bridgehead atoms. The Labute approximate surface area is 132 Å². The Hall–Kier alpha value is -2.34. The van der Waals surface area contributed by atoms with Crippen LogP contribution in [0, 0.1) is 0 Å². The van der Waals surface area contributed by atoms with Crippen LogP contribution in [0.4, 0.5) is 0 Å². The molecule has 1 aromatic heterocycles. The van der Waals surface area contributed by atoms with Gasteiger partial charge in [-0.25, -0.2) is 4.79 Å². The highest BCUT2D eigenvalue weighted by Crippen LogP contribution is 2.18. The Bertz CT molecular complexity index is 625. The van der Waals surface area contributed by atoms with E-state index in [1.54, 1.807) is 30.3 Å². The Morgan fingerprint density at radius 3 is 2.73 bits per heavy atom. The number of esters is 1. The lowest BCUT2D eigenvalue weighted by Crippen LogP contribution is -2.24. The van der Waals surface area contributed by atoms with Gasteiger partial charge in [-0.2, -0.15) is 0 Å². The number of para-hydroxylation sites is 1. The van der Waals surface area contributed by atoms with E-state index >= 15 is 0 Å². The maximum Gasteiger partial charge on any atom is 0.341 e. The van der Waals surface area contributed by atoms with E-state index in [1.807, 2.05) is 11.4 Å². The first-order valence-corrected chi connectivity index (χ1v) is 7.72. The number of ether oxygens (including phenoxy) is 2. The van der Waals surface area contributed by atoms with Gasteiger partial charge in [-0.05, 0) is 30.0 Å². The molecule has 0 unspecified atom stereocenters. The van der Waals surface area contributed by atoms with Gasteiger partial charge in [0.1, 0.15) is 11.3 Å². The van der Waals surface area contributed by atoms with Crippen LogP contribution in [0.3, 0.4) is 0 Å². The minimum atomic E-state index is -0.429. The molecule has 0 aliphatic rings. The molecule has 2 aromatic rings. The molecule has 1 N–H and O–H groups in total. The zero-order chi connectivity index (χ0) is 15.8. The first kappa shape index (κ1) is 16.0. The molecular weight excluding hydrogens is 302 g/mol. The lowest BCUT2D eigenvalue weighted by Gasteiger charge is -2.08. The van der Waals surface area contributed by atoms with Crippen LogP contribution in [-0.4, -0.2) is 32.1 Å². The topological polar surface area (TPSA) is 64.6 Å². The molecule has 5 nitrogen and oxygen atoms in total. The van der Waals surface area contributed by atoms with E-state index in [0.29, 0.717) is 29.2 Å². The smallest absolute Gasteiger partial charge is 0.341 e. The molecule has 0 saturated heterocycles. The minimum absolute atomic E-state index is 0.106. The van der Waals surface area contributed by atoms with Crippen LogP contribution in [0.5, 0.6) is 5.75 Å². The van der Waals surface area contributed by atoms with Crippen LogP contribution < -0.4 is 10.1 Å². The van der Waals surface area contributed by atoms with Crippen LogP contribution in [0.25, 0.3) is 0 Å². The van der Waals surface area contributed by atoms with Gasteiger partial charge in [-0.15, -0.1) is 11.3 Å². The van der Waals surface area contributed by atoms with E-state index < -0.39 is 5.97 Å². The monoisotopic (exact) mass is 319 g/mol. The Morgan fingerprint density at radius 1 is 1.18 bits per heavy atom. The summed E-state index contributed by atoms with van der Waals surface area (Å²) in [5.41, 5.74) is 0.396. The first-order chi connectivity index (χ1) is 10.7. The summed E-state index contributed by atoms with van der Waals surface area (Å²) in [6, 6.07) is 10.5. The normalized spacial score (nSPS) is 10.0. The number of rotatable bonds is 7. The van der Waals surface area contributed by atoms with Gasteiger partial charge < -0.3 is 14.8 Å². The Balaban J connectivity index is 1.70. The van der Waals surface area contributed by atoms with E-state index in [2.05, 4.69) is 5.32 Å². The van der Waals surface area contributed by atoms with E-state index in [1.165, 1.54) is 18.4 Å². The molecule has 6 heteroatoms. The number of benzene rings is 1. The standard InChI is InChI=1S/C16H17NO4S/c1-20-13-7-3-2-6-12(13)16(19)21-10-5-9-17-15(18)14-8-4-11-22-14/h2-4,6-8,11H,5,9-10H2,1H3,(H,17,18). The molecule has 0 atom stereocenters. The molecule has 0 aliphatic heterocycles. The number of hydrogen-bond acceptors (Lipinski definition) is 5. The molecule has 0 fully saturated rings. The summed E-state index contributed by atoms with van der Waals surface area (Å²) in [5.74, 6) is -0.0495. The summed E-state index contributed by atoms with van der Waals surface area (Å²) >= 11 is 1.39. The molecule has 1 amide bonds. The number of thiophene rings is 1. The van der Waals surface area contributed by atoms with Crippen molar-refractivity contribution in [2.24, 2.45) is 0 Å². The van der Waals surface area contributed by atoms with Gasteiger partial charge in [0.2, 0.25) is 0 Å². The summed E-state index contributed by atoms with van der Waals surface area (Å²) < 4.78 is 10.3. The lowest BCUT2D eigenvalue weighted by molar-refractivity contribution is 0.0497. The highest BCUT2D eigenvalue weighted by Gasteiger charge is 2.12. The number of carbonyl (C=O) groups excluding carboxylic acids is 2. The van der Waals surface area contributed by atoms with Crippen LogP contribution >= 0.6 is 11.3 Å². The maximum atomic E-state index is 11.9. The van der Waals surface area contributed by atoms with Crippen molar-refractivity contribution < 1.29 is 19.1 Å². The third-order valence-electron chi connectivity index (χ3n) is 2.91. The highest BCUT2D eigenvalue weighted by atomic mass is 32.1. The summed E-state index contributed by atoms with van der Waals surface area (Å²) in [5, 5.41) is 4.63. The van der Waals surface area contributed by atoms with Crippen molar-refractivity contribution in [1.82, 2.24) is 5.32 Å². The van der Waals surface area contributed by atoms with Gasteiger partial charge in [0.15, 0.2) is 0 Å². The average molecular weight is 319 g/mol. The van der Waals surface area contributed by atoms with Crippen molar-refractivity contribution in [2.45, 2.75) is 6.42 Å². The van der Waals surface area contributed by atoms with Gasteiger partial charge in [-0.1, -0.05) is 18.2 Å². The van der Waals surface area contributed by atoms with Gasteiger partial charge >= 0.3 is 5.97 Å². The second kappa shape index (κ2) is 8.19. The van der Waals surface area contributed by atoms with Crippen molar-refractivity contribution in [1.29, 1.82) is 0 Å². The number of hydrogen-bond donors (Lipinski definition) is 1. The molecule has 0 aliphatic carbocycles. The lowest BCUT2D eigenvalue weighted by atomic mass is 10.2. The molecule has 22 heavy (non-hydrogen) atoms. The zero-order valence-corrected chi connectivity index (χ0v) is 13.0. The Morgan fingerprint density at radius 2 is 2.00 bits per heavy atom. The highest BCUT2D eigenvalue weighted by molar-refractivity contribution is 7.12. The zero-order valence-electron chi connectivity index (χ0n) is 12.2. The molecule has 116 valence electrons. The van der Waals surface area contributed by atoms with Crippen molar-refractivity contribution in [2.75, 3.05) is 20.3 Å². The number of carbonyl (C=O) groups is 2. The summed E-state index contributed by atoms with van der Waals surface area (Å²) in [4.78, 5) is 24.3. The summed E-state index contributed by atoms with van der Waals surface area (Å²) in [6.45, 7) is 0.692. The number of amides is 1. The van der Waals surface area contributed by atoms with Crippen molar-refractivity contribution in [3.8, 4) is 5.75 Å². The first-order valence-electron chi connectivity index (χ1n) is 6.84. The molecule has 0 spiro atoms. The van der Waals surface area contributed by atoms with Crippen LogP contribution in [0.15, 0.2) is 41.8 Å². The van der Waals surface area contributed by atoms with Crippen molar-refractivity contribution in [3.05, 3.63) is 52.2 Å². The Kier molecular flexibility index (Phi) is 5.97. The SMILES string of the molecule is COc1ccccc1C(=O)OCCCNC(=O)c1cccs1. The minimum Gasteiger partial charge on any atom is -0.496 e. The van der Waals surface area contributed by atoms with Gasteiger partial charge in [0, 0.05) is 6.54 Å². The second-order valence-corrected chi connectivity index (χ2v) is 5.37. The second-order valence-electron chi connectivity index (χ2n) is 4.42. The molecule has 1 aromatic carbocycles. The molecular formula is C16H17NO4S. The van der Waals surface area contributed by atoms with Crippen LogP contribution in [0.2, 0.25) is 0 Å². The number of nitrogens with one attached hydrogen (secondary N) is 1. The molecule has 0 radical (unpaired) electrons.